The number of rotatable bonds is 6. The minimum Gasteiger partial charge on any atom is -0.497 e. The van der Waals surface area contributed by atoms with E-state index in [4.69, 9.17) is 4.74 Å². The molecule has 138 valence electrons. The number of amides is 1. The number of nitrogens with zero attached hydrogens (tertiary/aromatic N) is 2. The van der Waals surface area contributed by atoms with Crippen LogP contribution in [0.5, 0.6) is 5.75 Å². The Labute approximate surface area is 155 Å². The van der Waals surface area contributed by atoms with Gasteiger partial charge < -0.3 is 15.0 Å². The standard InChI is InChI=1S/C21H27N3O2/c1-26-18-10-8-17(9-11-18)12-14-23-21(25)19-7-6-13-22-20(19)24-15-4-2-3-5-16-24/h6-11,13H,2-5,12,14-16H2,1H3,(H,23,25). The molecule has 0 atom stereocenters. The van der Waals surface area contributed by atoms with Crippen LogP contribution in [0.3, 0.4) is 0 Å². The second-order valence-electron chi connectivity index (χ2n) is 6.63. The SMILES string of the molecule is COc1ccc(CCNC(=O)c2cccnc2N2CCCCCC2)cc1. The van der Waals surface area contributed by atoms with Gasteiger partial charge in [-0.3, -0.25) is 4.79 Å². The highest BCUT2D eigenvalue weighted by molar-refractivity contribution is 5.98. The highest BCUT2D eigenvalue weighted by atomic mass is 16.5. The predicted molar refractivity (Wildman–Crippen MR) is 104 cm³/mol. The molecule has 0 unspecified atom stereocenters. The van der Waals surface area contributed by atoms with Gasteiger partial charge in [-0.2, -0.15) is 0 Å². The van der Waals surface area contributed by atoms with E-state index < -0.39 is 0 Å². The summed E-state index contributed by atoms with van der Waals surface area (Å²) in [5, 5.41) is 3.03. The quantitative estimate of drug-likeness (QED) is 0.864. The molecule has 0 saturated carbocycles. The van der Waals surface area contributed by atoms with Crippen LogP contribution in [0.15, 0.2) is 42.6 Å². The maximum Gasteiger partial charge on any atom is 0.255 e. The van der Waals surface area contributed by atoms with Crippen molar-refractivity contribution < 1.29 is 9.53 Å². The summed E-state index contributed by atoms with van der Waals surface area (Å²) in [5.41, 5.74) is 1.84. The summed E-state index contributed by atoms with van der Waals surface area (Å²) in [4.78, 5) is 19.4. The van der Waals surface area contributed by atoms with Crippen molar-refractivity contribution in [2.24, 2.45) is 0 Å². The van der Waals surface area contributed by atoms with Crippen LogP contribution < -0.4 is 15.0 Å². The maximum atomic E-state index is 12.7. The third-order valence-corrected chi connectivity index (χ3v) is 4.80. The summed E-state index contributed by atoms with van der Waals surface area (Å²) >= 11 is 0. The Kier molecular flexibility index (Phi) is 6.47. The van der Waals surface area contributed by atoms with Gasteiger partial charge in [0.2, 0.25) is 0 Å². The van der Waals surface area contributed by atoms with Gasteiger partial charge in [0.1, 0.15) is 11.6 Å². The lowest BCUT2D eigenvalue weighted by Crippen LogP contribution is -2.31. The van der Waals surface area contributed by atoms with Crippen LogP contribution in [0, 0.1) is 0 Å². The van der Waals surface area contributed by atoms with Crippen molar-refractivity contribution in [3.05, 3.63) is 53.7 Å². The molecule has 3 rings (SSSR count). The molecule has 1 aromatic carbocycles. The highest BCUT2D eigenvalue weighted by Crippen LogP contribution is 2.21. The monoisotopic (exact) mass is 353 g/mol. The number of anilines is 1. The molecule has 0 bridgehead atoms. The molecule has 1 N–H and O–H groups in total. The number of benzene rings is 1. The summed E-state index contributed by atoms with van der Waals surface area (Å²) in [6, 6.07) is 11.6. The average Bonchev–Trinajstić information content (AvgIpc) is 2.98. The molecule has 1 saturated heterocycles. The van der Waals surface area contributed by atoms with Gasteiger partial charge in [0, 0.05) is 25.8 Å². The topological polar surface area (TPSA) is 54.5 Å². The molecule has 1 amide bonds. The highest BCUT2D eigenvalue weighted by Gasteiger charge is 2.18. The number of hydrogen-bond acceptors (Lipinski definition) is 4. The van der Waals surface area contributed by atoms with E-state index in [0.717, 1.165) is 43.9 Å². The van der Waals surface area contributed by atoms with Crippen molar-refractivity contribution in [1.82, 2.24) is 10.3 Å². The van der Waals surface area contributed by atoms with Crippen molar-refractivity contribution in [1.29, 1.82) is 0 Å². The van der Waals surface area contributed by atoms with Crippen LogP contribution in [0.25, 0.3) is 0 Å². The molecular formula is C21H27N3O2. The van der Waals surface area contributed by atoms with Gasteiger partial charge in [-0.05, 0) is 49.1 Å². The van der Waals surface area contributed by atoms with E-state index in [1.807, 2.05) is 36.4 Å². The van der Waals surface area contributed by atoms with Crippen molar-refractivity contribution in [3.8, 4) is 5.75 Å². The predicted octanol–water partition coefficient (Wildman–Crippen LogP) is 3.44. The Bertz CT molecular complexity index is 707. The van der Waals surface area contributed by atoms with Crippen molar-refractivity contribution >= 4 is 11.7 Å². The first kappa shape index (κ1) is 18.2. The Balaban J connectivity index is 1.60. The Morgan fingerprint density at radius 3 is 2.54 bits per heavy atom. The molecule has 5 heteroatoms. The lowest BCUT2D eigenvalue weighted by molar-refractivity contribution is 0.0954. The van der Waals surface area contributed by atoms with Gasteiger partial charge in [0.25, 0.3) is 5.91 Å². The molecule has 5 nitrogen and oxygen atoms in total. The summed E-state index contributed by atoms with van der Waals surface area (Å²) in [5.74, 6) is 1.61. The third kappa shape index (κ3) is 4.75. The Hall–Kier alpha value is -2.56. The lowest BCUT2D eigenvalue weighted by atomic mass is 10.1. The van der Waals surface area contributed by atoms with E-state index in [0.29, 0.717) is 12.1 Å². The van der Waals surface area contributed by atoms with Gasteiger partial charge in [-0.25, -0.2) is 4.98 Å². The lowest BCUT2D eigenvalue weighted by Gasteiger charge is -2.23. The molecule has 2 heterocycles. The fraction of sp³-hybridized carbons (Fsp3) is 0.429. The summed E-state index contributed by atoms with van der Waals surface area (Å²) < 4.78 is 5.17. The van der Waals surface area contributed by atoms with Crippen molar-refractivity contribution in [2.75, 3.05) is 31.6 Å². The first-order valence-electron chi connectivity index (χ1n) is 9.39. The Morgan fingerprint density at radius 1 is 1.12 bits per heavy atom. The molecular weight excluding hydrogens is 326 g/mol. The van der Waals surface area contributed by atoms with Gasteiger partial charge in [0.15, 0.2) is 0 Å². The third-order valence-electron chi connectivity index (χ3n) is 4.80. The first-order chi connectivity index (χ1) is 12.8. The minimum atomic E-state index is -0.0501. The summed E-state index contributed by atoms with van der Waals surface area (Å²) in [6.07, 6.45) is 7.40. The number of nitrogens with one attached hydrogen (secondary N) is 1. The van der Waals surface area contributed by atoms with Crippen LogP contribution in [-0.4, -0.2) is 37.6 Å². The number of methoxy groups -OCH3 is 1. The normalized spacial score (nSPS) is 14.6. The molecule has 1 aliphatic rings. The molecule has 0 radical (unpaired) electrons. The molecule has 1 aliphatic heterocycles. The Morgan fingerprint density at radius 2 is 1.85 bits per heavy atom. The maximum absolute atomic E-state index is 12.7. The number of aromatic nitrogens is 1. The van der Waals surface area contributed by atoms with Gasteiger partial charge >= 0.3 is 0 Å². The molecule has 26 heavy (non-hydrogen) atoms. The molecule has 1 aromatic heterocycles. The first-order valence-corrected chi connectivity index (χ1v) is 9.39. The van der Waals surface area contributed by atoms with E-state index in [1.165, 1.54) is 18.4 Å². The smallest absolute Gasteiger partial charge is 0.255 e. The van der Waals surface area contributed by atoms with Gasteiger partial charge in [-0.15, -0.1) is 0 Å². The molecule has 0 spiro atoms. The van der Waals surface area contributed by atoms with Crippen LogP contribution in [0.1, 0.15) is 41.6 Å². The largest absolute Gasteiger partial charge is 0.497 e. The molecule has 1 fully saturated rings. The number of ether oxygens (including phenoxy) is 1. The zero-order chi connectivity index (χ0) is 18.2. The minimum absolute atomic E-state index is 0.0501. The molecule has 0 aliphatic carbocycles. The zero-order valence-electron chi connectivity index (χ0n) is 15.4. The van der Waals surface area contributed by atoms with E-state index >= 15 is 0 Å². The zero-order valence-corrected chi connectivity index (χ0v) is 15.4. The van der Waals surface area contributed by atoms with Crippen LogP contribution in [-0.2, 0) is 6.42 Å². The van der Waals surface area contributed by atoms with Crippen LogP contribution >= 0.6 is 0 Å². The van der Waals surface area contributed by atoms with Gasteiger partial charge in [-0.1, -0.05) is 25.0 Å². The van der Waals surface area contributed by atoms with Crippen molar-refractivity contribution in [3.63, 3.8) is 0 Å². The van der Waals surface area contributed by atoms with E-state index in [-0.39, 0.29) is 5.91 Å². The second-order valence-corrected chi connectivity index (χ2v) is 6.63. The van der Waals surface area contributed by atoms with Crippen molar-refractivity contribution in [2.45, 2.75) is 32.1 Å². The number of carbonyl (C=O) groups is 1. The second kappa shape index (κ2) is 9.22. The number of hydrogen-bond donors (Lipinski definition) is 1. The van der Waals surface area contributed by atoms with Gasteiger partial charge in [0.05, 0.1) is 12.7 Å². The number of pyridine rings is 1. The van der Waals surface area contributed by atoms with E-state index in [1.54, 1.807) is 13.3 Å². The fourth-order valence-electron chi connectivity index (χ4n) is 3.32. The summed E-state index contributed by atoms with van der Waals surface area (Å²) in [7, 11) is 1.66. The fourth-order valence-corrected chi connectivity index (χ4v) is 3.32. The average molecular weight is 353 g/mol. The van der Waals surface area contributed by atoms with Crippen LogP contribution in [0.4, 0.5) is 5.82 Å². The summed E-state index contributed by atoms with van der Waals surface area (Å²) in [6.45, 7) is 2.55. The van der Waals surface area contributed by atoms with E-state index in [2.05, 4.69) is 15.2 Å². The van der Waals surface area contributed by atoms with E-state index in [9.17, 15) is 4.79 Å². The van der Waals surface area contributed by atoms with Crippen LogP contribution in [0.2, 0.25) is 0 Å². The number of carbonyl (C=O) groups excluding carboxylic acids is 1. The molecule has 2 aromatic rings.